The first-order chi connectivity index (χ1) is 12.4. The van der Waals surface area contributed by atoms with Gasteiger partial charge < -0.3 is 18.1 Å². The Balaban J connectivity index is 2.63. The maximum absolute atomic E-state index is 13.2. The van der Waals surface area contributed by atoms with Gasteiger partial charge in [-0.25, -0.2) is 0 Å². The molecule has 0 aliphatic rings. The van der Waals surface area contributed by atoms with Crippen molar-refractivity contribution in [3.63, 3.8) is 0 Å². The molecule has 0 aliphatic carbocycles. The Bertz CT molecular complexity index is 772. The molecule has 0 aromatic heterocycles. The molecule has 0 aliphatic heterocycles. The van der Waals surface area contributed by atoms with Crippen LogP contribution in [-0.4, -0.2) is 28.4 Å². The number of benzene rings is 2. The van der Waals surface area contributed by atoms with E-state index in [1.165, 1.54) is 40.2 Å². The second-order valence-corrected chi connectivity index (χ2v) is 11.3. The molecular formula is C17H22O6P2S. The maximum Gasteiger partial charge on any atom is 0.349 e. The van der Waals surface area contributed by atoms with Gasteiger partial charge in [0.25, 0.3) is 0 Å². The van der Waals surface area contributed by atoms with Gasteiger partial charge in [0, 0.05) is 38.2 Å². The summed E-state index contributed by atoms with van der Waals surface area (Å²) in [5, 5.41) is -1.22. The van der Waals surface area contributed by atoms with Gasteiger partial charge in [-0.05, 0) is 23.8 Å². The molecule has 2 rings (SSSR count). The van der Waals surface area contributed by atoms with Gasteiger partial charge in [0.05, 0.1) is 0 Å². The minimum atomic E-state index is -3.83. The Morgan fingerprint density at radius 3 is 1.69 bits per heavy atom. The van der Waals surface area contributed by atoms with E-state index in [0.29, 0.717) is 5.56 Å². The van der Waals surface area contributed by atoms with Crippen LogP contribution in [0.15, 0.2) is 64.4 Å². The van der Waals surface area contributed by atoms with Gasteiger partial charge in [-0.2, -0.15) is 0 Å². The second kappa shape index (κ2) is 9.34. The van der Waals surface area contributed by atoms with Crippen LogP contribution in [0.5, 0.6) is 0 Å². The molecule has 0 amide bonds. The van der Waals surface area contributed by atoms with Gasteiger partial charge >= 0.3 is 15.2 Å². The molecule has 0 saturated carbocycles. The lowest BCUT2D eigenvalue weighted by atomic mass is 10.2. The fourth-order valence-corrected chi connectivity index (χ4v) is 8.38. The lowest BCUT2D eigenvalue weighted by molar-refractivity contribution is 0.247. The van der Waals surface area contributed by atoms with Crippen molar-refractivity contribution in [1.29, 1.82) is 0 Å². The summed E-state index contributed by atoms with van der Waals surface area (Å²) in [6, 6.07) is 16.9. The highest BCUT2D eigenvalue weighted by atomic mass is 32.2. The van der Waals surface area contributed by atoms with Gasteiger partial charge in [0.1, 0.15) is 0 Å². The molecule has 2 aromatic carbocycles. The summed E-state index contributed by atoms with van der Waals surface area (Å²) in [6.45, 7) is 0. The molecule has 0 radical (unpaired) electrons. The first kappa shape index (κ1) is 21.4. The molecule has 0 bridgehead atoms. The van der Waals surface area contributed by atoms with Gasteiger partial charge in [-0.15, -0.1) is 0 Å². The topological polar surface area (TPSA) is 71.1 Å². The van der Waals surface area contributed by atoms with Crippen molar-refractivity contribution in [2.75, 3.05) is 28.4 Å². The van der Waals surface area contributed by atoms with Gasteiger partial charge in [-0.3, -0.25) is 9.13 Å². The van der Waals surface area contributed by atoms with Crippen molar-refractivity contribution < 1.29 is 27.2 Å². The second-order valence-electron chi connectivity index (χ2n) is 5.14. The zero-order valence-electron chi connectivity index (χ0n) is 15.0. The van der Waals surface area contributed by atoms with Gasteiger partial charge in [0.2, 0.25) is 0 Å². The molecule has 0 heterocycles. The van der Waals surface area contributed by atoms with Crippen LogP contribution in [0, 0.1) is 0 Å². The first-order valence-electron chi connectivity index (χ1n) is 7.68. The fraction of sp³-hybridized carbons (Fsp3) is 0.294. The summed E-state index contributed by atoms with van der Waals surface area (Å²) in [7, 11) is -2.65. The molecule has 0 N–H and O–H groups in total. The summed E-state index contributed by atoms with van der Waals surface area (Å²) in [5.74, 6) is 0. The molecule has 6 nitrogen and oxygen atoms in total. The van der Waals surface area contributed by atoms with Crippen molar-refractivity contribution in [3.8, 4) is 0 Å². The van der Waals surface area contributed by atoms with Crippen molar-refractivity contribution >= 4 is 27.0 Å². The Labute approximate surface area is 158 Å². The number of hydrogen-bond acceptors (Lipinski definition) is 7. The van der Waals surface area contributed by atoms with E-state index in [-0.39, 0.29) is 0 Å². The average Bonchev–Trinajstić information content (AvgIpc) is 2.69. The summed E-state index contributed by atoms with van der Waals surface area (Å²) in [4.78, 5) is 1.74. The van der Waals surface area contributed by atoms with Gasteiger partial charge in [-0.1, -0.05) is 48.2 Å². The van der Waals surface area contributed by atoms with Crippen LogP contribution in [0.25, 0.3) is 0 Å². The van der Waals surface area contributed by atoms with E-state index in [9.17, 15) is 9.13 Å². The highest BCUT2D eigenvalue weighted by molar-refractivity contribution is 7.99. The predicted molar refractivity (Wildman–Crippen MR) is 103 cm³/mol. The van der Waals surface area contributed by atoms with Gasteiger partial charge in [0.15, 0.2) is 5.40 Å². The lowest BCUT2D eigenvalue weighted by Crippen LogP contribution is -2.09. The predicted octanol–water partition coefficient (Wildman–Crippen LogP) is 5.81. The molecule has 142 valence electrons. The molecule has 0 atom stereocenters. The lowest BCUT2D eigenvalue weighted by Gasteiger charge is -2.30. The Morgan fingerprint density at radius 2 is 1.19 bits per heavy atom. The Kier molecular flexibility index (Phi) is 7.68. The minimum absolute atomic E-state index is 0.514. The molecule has 0 spiro atoms. The zero-order chi connectivity index (χ0) is 19.2. The van der Waals surface area contributed by atoms with Crippen molar-refractivity contribution in [2.24, 2.45) is 0 Å². The van der Waals surface area contributed by atoms with Crippen LogP contribution in [0.2, 0.25) is 0 Å². The largest absolute Gasteiger partial charge is 0.349 e. The number of rotatable bonds is 9. The monoisotopic (exact) mass is 416 g/mol. The highest BCUT2D eigenvalue weighted by Gasteiger charge is 2.51. The quantitative estimate of drug-likeness (QED) is 0.478. The summed E-state index contributed by atoms with van der Waals surface area (Å²) >= 11 is 1.45. The van der Waals surface area contributed by atoms with E-state index in [0.717, 1.165) is 9.79 Å². The van der Waals surface area contributed by atoms with E-state index >= 15 is 0 Å². The zero-order valence-corrected chi connectivity index (χ0v) is 17.6. The molecule has 26 heavy (non-hydrogen) atoms. The summed E-state index contributed by atoms with van der Waals surface area (Å²) < 4.78 is 47.1. The van der Waals surface area contributed by atoms with E-state index in [1.807, 2.05) is 42.5 Å². The molecule has 9 heteroatoms. The molecule has 2 aromatic rings. The summed E-state index contributed by atoms with van der Waals surface area (Å²) in [6.07, 6.45) is 0. The average molecular weight is 416 g/mol. The SMILES string of the molecule is COP(=O)(OC)C(c1ccccc1Sc1ccccc1)P(=O)(OC)OC. The van der Waals surface area contributed by atoms with Crippen LogP contribution in [0.1, 0.15) is 11.0 Å². The van der Waals surface area contributed by atoms with Crippen LogP contribution in [-0.2, 0) is 27.2 Å². The van der Waals surface area contributed by atoms with Crippen molar-refractivity contribution in [1.82, 2.24) is 0 Å². The number of hydrogen-bond donors (Lipinski definition) is 0. The van der Waals surface area contributed by atoms with Crippen molar-refractivity contribution in [2.45, 2.75) is 15.2 Å². The van der Waals surface area contributed by atoms with E-state index in [1.54, 1.807) is 12.1 Å². The molecule has 0 unspecified atom stereocenters. The maximum atomic E-state index is 13.2. The molecule has 0 fully saturated rings. The third-order valence-electron chi connectivity index (χ3n) is 3.79. The smallest absolute Gasteiger partial charge is 0.311 e. The van der Waals surface area contributed by atoms with E-state index < -0.39 is 20.6 Å². The molecule has 0 saturated heterocycles. The van der Waals surface area contributed by atoms with Crippen LogP contribution < -0.4 is 0 Å². The Morgan fingerprint density at radius 1 is 0.731 bits per heavy atom. The Hall–Kier alpha value is -0.910. The van der Waals surface area contributed by atoms with Crippen LogP contribution in [0.4, 0.5) is 0 Å². The first-order valence-corrected chi connectivity index (χ1v) is 11.7. The standard InChI is InChI=1S/C17H22O6P2S/c1-20-24(18,21-2)17(25(19,22-3)23-4)15-12-8-9-13-16(15)26-14-10-6-5-7-11-14/h5-13,17H,1-4H3. The fourth-order valence-electron chi connectivity index (χ4n) is 2.46. The third kappa shape index (κ3) is 4.49. The molecular weight excluding hydrogens is 394 g/mol. The summed E-state index contributed by atoms with van der Waals surface area (Å²) in [5.41, 5.74) is 0.514. The van der Waals surface area contributed by atoms with Crippen LogP contribution in [0.3, 0.4) is 0 Å². The van der Waals surface area contributed by atoms with Crippen molar-refractivity contribution in [3.05, 3.63) is 60.2 Å². The minimum Gasteiger partial charge on any atom is -0.311 e. The normalized spacial score (nSPS) is 12.5. The van der Waals surface area contributed by atoms with Crippen LogP contribution >= 0.6 is 27.0 Å². The van der Waals surface area contributed by atoms with E-state index in [4.69, 9.17) is 18.1 Å². The van der Waals surface area contributed by atoms with E-state index in [2.05, 4.69) is 0 Å². The highest BCUT2D eigenvalue weighted by Crippen LogP contribution is 2.78. The third-order valence-corrected chi connectivity index (χ3v) is 10.4.